The summed E-state index contributed by atoms with van der Waals surface area (Å²) < 4.78 is 11.7. The summed E-state index contributed by atoms with van der Waals surface area (Å²) in [6.07, 6.45) is 0. The molecule has 3 aromatic carbocycles. The van der Waals surface area contributed by atoms with Gasteiger partial charge in [0.15, 0.2) is 5.16 Å². The lowest BCUT2D eigenvalue weighted by atomic mass is 10.1. The normalized spacial score (nSPS) is 10.9. The van der Waals surface area contributed by atoms with Gasteiger partial charge in [-0.25, -0.2) is 4.98 Å². The van der Waals surface area contributed by atoms with Crippen LogP contribution in [0.1, 0.15) is 15.9 Å². The number of hydrogen-bond acceptors (Lipinski definition) is 8. The van der Waals surface area contributed by atoms with E-state index in [0.29, 0.717) is 52.0 Å². The third kappa shape index (κ3) is 5.96. The van der Waals surface area contributed by atoms with Gasteiger partial charge in [-0.3, -0.25) is 24.3 Å². The number of nitrogens with one attached hydrogen (secondary N) is 1. The number of carbonyl (C=O) groups excluding carboxylic acids is 1. The highest BCUT2D eigenvalue weighted by Gasteiger charge is 2.16. The predicted molar refractivity (Wildman–Crippen MR) is 141 cm³/mol. The topological polar surface area (TPSA) is 126 Å². The third-order valence-corrected chi connectivity index (χ3v) is 6.55. The van der Waals surface area contributed by atoms with Crippen LogP contribution in [0.4, 0.5) is 5.69 Å². The van der Waals surface area contributed by atoms with Gasteiger partial charge >= 0.3 is 0 Å². The van der Waals surface area contributed by atoms with Crippen molar-refractivity contribution in [2.45, 2.75) is 10.9 Å². The van der Waals surface area contributed by atoms with Crippen molar-refractivity contribution < 1.29 is 19.2 Å². The smallest absolute Gasteiger partial charge is 0.269 e. The summed E-state index contributed by atoms with van der Waals surface area (Å²) in [5, 5.41) is 14.5. The number of methoxy groups -OCH3 is 2. The van der Waals surface area contributed by atoms with Gasteiger partial charge in [0, 0.05) is 37.1 Å². The summed E-state index contributed by atoms with van der Waals surface area (Å²) in [7, 11) is 3.11. The zero-order valence-electron chi connectivity index (χ0n) is 20.2. The van der Waals surface area contributed by atoms with Crippen LogP contribution >= 0.6 is 11.8 Å². The molecule has 190 valence electrons. The molecule has 0 aliphatic carbocycles. The molecular formula is C26H24N4O6S. The highest BCUT2D eigenvalue weighted by Crippen LogP contribution is 2.26. The Morgan fingerprint density at radius 3 is 2.46 bits per heavy atom. The van der Waals surface area contributed by atoms with Gasteiger partial charge in [0.1, 0.15) is 5.75 Å². The average Bonchev–Trinajstić information content (AvgIpc) is 2.92. The molecule has 1 aromatic heterocycles. The molecular weight excluding hydrogens is 496 g/mol. The molecule has 37 heavy (non-hydrogen) atoms. The van der Waals surface area contributed by atoms with E-state index in [1.807, 2.05) is 0 Å². The lowest BCUT2D eigenvalue weighted by molar-refractivity contribution is -0.384. The van der Waals surface area contributed by atoms with Gasteiger partial charge in [0.2, 0.25) is 0 Å². The Morgan fingerprint density at radius 1 is 1.08 bits per heavy atom. The predicted octanol–water partition coefficient (Wildman–Crippen LogP) is 3.97. The summed E-state index contributed by atoms with van der Waals surface area (Å²) in [5.41, 5.74) is 1.92. The molecule has 1 N–H and O–H groups in total. The second-order valence-electron chi connectivity index (χ2n) is 7.93. The van der Waals surface area contributed by atoms with Crippen LogP contribution in [0.15, 0.2) is 76.7 Å². The maximum atomic E-state index is 13.6. The number of rotatable bonds is 10. The molecule has 0 aliphatic heterocycles. The van der Waals surface area contributed by atoms with Gasteiger partial charge in [0.25, 0.3) is 17.2 Å². The van der Waals surface area contributed by atoms with Crippen LogP contribution < -0.4 is 15.6 Å². The first kappa shape index (κ1) is 25.9. The number of non-ortho nitro benzene ring substituents is 1. The molecule has 0 saturated heterocycles. The number of carbonyl (C=O) groups is 1. The summed E-state index contributed by atoms with van der Waals surface area (Å²) in [5.74, 6) is 0.776. The molecule has 0 spiro atoms. The van der Waals surface area contributed by atoms with Crippen molar-refractivity contribution in [3.05, 3.63) is 98.3 Å². The van der Waals surface area contributed by atoms with Crippen LogP contribution in [0.5, 0.6) is 5.75 Å². The number of benzene rings is 3. The van der Waals surface area contributed by atoms with Crippen LogP contribution in [0, 0.1) is 10.1 Å². The Balaban J connectivity index is 1.74. The number of amides is 1. The zero-order chi connectivity index (χ0) is 26.4. The Morgan fingerprint density at radius 2 is 1.81 bits per heavy atom. The van der Waals surface area contributed by atoms with Crippen LogP contribution in [-0.2, 0) is 10.5 Å². The number of nitro benzene ring substituents is 1. The van der Waals surface area contributed by atoms with E-state index in [4.69, 9.17) is 14.5 Å². The number of thioether (sulfide) groups is 1. The van der Waals surface area contributed by atoms with Crippen molar-refractivity contribution in [2.24, 2.45) is 0 Å². The summed E-state index contributed by atoms with van der Waals surface area (Å²) >= 11 is 1.31. The average molecular weight is 521 g/mol. The standard InChI is InChI=1S/C26H24N4O6S/c1-35-14-13-27-24(31)18-5-12-22-23(15-18)28-26(37-16-17-3-6-20(7-4-17)30(33)34)29(25(22)32)19-8-10-21(36-2)11-9-19/h3-12,15H,13-14,16H2,1-2H3,(H,27,31). The molecule has 0 aliphatic rings. The maximum absolute atomic E-state index is 13.6. The summed E-state index contributed by atoms with van der Waals surface area (Å²) in [4.78, 5) is 41.4. The molecule has 1 heterocycles. The molecule has 11 heteroatoms. The molecule has 0 saturated carbocycles. The van der Waals surface area contributed by atoms with Gasteiger partial charge in [-0.15, -0.1) is 0 Å². The minimum Gasteiger partial charge on any atom is -0.497 e. The fourth-order valence-electron chi connectivity index (χ4n) is 3.59. The Bertz CT molecular complexity index is 1490. The minimum absolute atomic E-state index is 0.00373. The van der Waals surface area contributed by atoms with Gasteiger partial charge in [0.05, 0.1) is 35.2 Å². The molecule has 0 radical (unpaired) electrons. The lowest BCUT2D eigenvalue weighted by Gasteiger charge is -2.14. The fourth-order valence-corrected chi connectivity index (χ4v) is 4.56. The fraction of sp³-hybridized carbons (Fsp3) is 0.192. The second-order valence-corrected chi connectivity index (χ2v) is 8.87. The largest absolute Gasteiger partial charge is 0.497 e. The molecule has 0 unspecified atom stereocenters. The van der Waals surface area contributed by atoms with E-state index in [-0.39, 0.29) is 17.2 Å². The van der Waals surface area contributed by atoms with Gasteiger partial charge in [-0.2, -0.15) is 0 Å². The van der Waals surface area contributed by atoms with Crippen LogP contribution in [0.25, 0.3) is 16.6 Å². The first-order valence-corrected chi connectivity index (χ1v) is 12.2. The van der Waals surface area contributed by atoms with Crippen molar-refractivity contribution in [3.63, 3.8) is 0 Å². The molecule has 10 nitrogen and oxygen atoms in total. The molecule has 0 bridgehead atoms. The number of nitrogens with zero attached hydrogens (tertiary/aromatic N) is 3. The van der Waals surface area contributed by atoms with E-state index in [2.05, 4.69) is 5.32 Å². The highest BCUT2D eigenvalue weighted by molar-refractivity contribution is 7.98. The van der Waals surface area contributed by atoms with E-state index >= 15 is 0 Å². The summed E-state index contributed by atoms with van der Waals surface area (Å²) in [6, 6.07) is 18.0. The number of hydrogen-bond donors (Lipinski definition) is 1. The number of fused-ring (bicyclic) bond motifs is 1. The van der Waals surface area contributed by atoms with E-state index in [1.54, 1.807) is 68.8 Å². The molecule has 4 aromatic rings. The minimum atomic E-state index is -0.452. The van der Waals surface area contributed by atoms with Crippen LogP contribution in [0.3, 0.4) is 0 Å². The SMILES string of the molecule is COCCNC(=O)c1ccc2c(=O)n(-c3ccc(OC)cc3)c(SCc3ccc([N+](=O)[O-])cc3)nc2c1. The molecule has 0 fully saturated rings. The second kappa shape index (κ2) is 11.7. The van der Waals surface area contributed by atoms with E-state index in [0.717, 1.165) is 5.56 Å². The molecule has 0 atom stereocenters. The zero-order valence-corrected chi connectivity index (χ0v) is 21.0. The maximum Gasteiger partial charge on any atom is 0.269 e. The van der Waals surface area contributed by atoms with Crippen molar-refractivity contribution in [2.75, 3.05) is 27.4 Å². The van der Waals surface area contributed by atoms with Crippen LogP contribution in [0.2, 0.25) is 0 Å². The van der Waals surface area contributed by atoms with E-state index in [1.165, 1.54) is 28.5 Å². The van der Waals surface area contributed by atoms with Crippen molar-refractivity contribution >= 4 is 34.3 Å². The number of ether oxygens (including phenoxy) is 2. The highest BCUT2D eigenvalue weighted by atomic mass is 32.2. The first-order valence-electron chi connectivity index (χ1n) is 11.3. The first-order chi connectivity index (χ1) is 17.9. The Hall–Kier alpha value is -4.22. The third-order valence-electron chi connectivity index (χ3n) is 5.54. The Kier molecular flexibility index (Phi) is 8.16. The van der Waals surface area contributed by atoms with Crippen molar-refractivity contribution in [1.29, 1.82) is 0 Å². The van der Waals surface area contributed by atoms with Crippen LogP contribution in [-0.4, -0.2) is 47.8 Å². The summed E-state index contributed by atoms with van der Waals surface area (Å²) in [6.45, 7) is 0.740. The van der Waals surface area contributed by atoms with Gasteiger partial charge < -0.3 is 14.8 Å². The number of nitro groups is 1. The Labute approximate surface area is 216 Å². The quantitative estimate of drug-likeness (QED) is 0.109. The van der Waals surface area contributed by atoms with E-state index in [9.17, 15) is 19.7 Å². The van der Waals surface area contributed by atoms with E-state index < -0.39 is 4.92 Å². The molecule has 4 rings (SSSR count). The van der Waals surface area contributed by atoms with Gasteiger partial charge in [-0.1, -0.05) is 23.9 Å². The van der Waals surface area contributed by atoms with Crippen molar-refractivity contribution in [1.82, 2.24) is 14.9 Å². The molecule has 1 amide bonds. The number of aromatic nitrogens is 2. The monoisotopic (exact) mass is 520 g/mol. The van der Waals surface area contributed by atoms with Gasteiger partial charge in [-0.05, 0) is 48.0 Å². The lowest BCUT2D eigenvalue weighted by Crippen LogP contribution is -2.27. The van der Waals surface area contributed by atoms with Crippen molar-refractivity contribution in [3.8, 4) is 11.4 Å².